The average Bonchev–Trinajstić information content (AvgIpc) is 3.45. The van der Waals surface area contributed by atoms with Crippen molar-refractivity contribution in [3.8, 4) is 11.5 Å². The van der Waals surface area contributed by atoms with Crippen LogP contribution in [0.15, 0.2) is 72.8 Å². The Balaban J connectivity index is 1.33. The second-order valence-electron chi connectivity index (χ2n) is 11.6. The van der Waals surface area contributed by atoms with Crippen LogP contribution in [-0.2, 0) is 17.8 Å². The Kier molecular flexibility index (Phi) is 8.15. The number of rotatable bonds is 9. The summed E-state index contributed by atoms with van der Waals surface area (Å²) < 4.78 is 12.2. The van der Waals surface area contributed by atoms with Crippen LogP contribution in [0.4, 0.5) is 0 Å². The lowest BCUT2D eigenvalue weighted by Crippen LogP contribution is -2.48. The van der Waals surface area contributed by atoms with Gasteiger partial charge in [-0.05, 0) is 78.9 Å². The van der Waals surface area contributed by atoms with Crippen LogP contribution in [0.2, 0.25) is 0 Å². The minimum absolute atomic E-state index is 0.0723. The van der Waals surface area contributed by atoms with Gasteiger partial charge in [0.2, 0.25) is 0 Å². The summed E-state index contributed by atoms with van der Waals surface area (Å²) in [5.74, 6) is 1.94. The van der Waals surface area contributed by atoms with E-state index in [2.05, 4.69) is 46.6 Å². The molecule has 1 fully saturated rings. The number of nitrogens with zero attached hydrogens (tertiary/aromatic N) is 1. The topological polar surface area (TPSA) is 50.8 Å². The van der Waals surface area contributed by atoms with Gasteiger partial charge < -0.3 is 9.47 Å². The van der Waals surface area contributed by atoms with Crippen LogP contribution >= 0.6 is 0 Å². The first-order chi connectivity index (χ1) is 18.4. The highest BCUT2D eigenvalue weighted by atomic mass is 16.5. The summed E-state index contributed by atoms with van der Waals surface area (Å²) in [6.07, 6.45) is 3.25. The van der Waals surface area contributed by atoms with E-state index in [4.69, 9.17) is 9.47 Å². The van der Waals surface area contributed by atoms with Crippen LogP contribution in [0.25, 0.3) is 0 Å². The number of likely N-dealkylation sites (tertiary alicyclic amines) is 1. The van der Waals surface area contributed by atoms with Gasteiger partial charge in [0.1, 0.15) is 24.7 Å². The first-order valence-electron chi connectivity index (χ1n) is 13.9. The van der Waals surface area contributed by atoms with Crippen molar-refractivity contribution in [2.24, 2.45) is 5.41 Å². The van der Waals surface area contributed by atoms with E-state index in [0.29, 0.717) is 19.6 Å². The molecule has 2 unspecified atom stereocenters. The molecule has 0 saturated carbocycles. The third-order valence-corrected chi connectivity index (χ3v) is 7.61. The number of nitrogens with one attached hydrogen (secondary N) is 1. The van der Waals surface area contributed by atoms with Crippen molar-refractivity contribution in [1.82, 2.24) is 10.2 Å². The normalized spacial score (nSPS) is 19.7. The van der Waals surface area contributed by atoms with Gasteiger partial charge in [0.15, 0.2) is 5.78 Å². The van der Waals surface area contributed by atoms with Gasteiger partial charge in [-0.25, -0.2) is 0 Å². The van der Waals surface area contributed by atoms with Gasteiger partial charge in [-0.2, -0.15) is 0 Å². The van der Waals surface area contributed by atoms with Crippen molar-refractivity contribution in [1.29, 1.82) is 0 Å². The van der Waals surface area contributed by atoms with E-state index in [0.717, 1.165) is 34.7 Å². The van der Waals surface area contributed by atoms with Crippen LogP contribution in [0.3, 0.4) is 0 Å². The maximum atomic E-state index is 13.4. The van der Waals surface area contributed by atoms with Crippen LogP contribution in [0.5, 0.6) is 11.5 Å². The number of ether oxygens (including phenoxy) is 2. The molecule has 2 aliphatic heterocycles. The number of Topliss-reactive ketones (excluding diaryl/α,β-unsaturated/α-hetero) is 1. The third-order valence-electron chi connectivity index (χ3n) is 7.61. The average molecular weight is 513 g/mol. The molecule has 0 aromatic heterocycles. The third kappa shape index (κ3) is 6.46. The minimum atomic E-state index is -0.422. The lowest BCUT2D eigenvalue weighted by molar-refractivity contribution is -0.128. The van der Waals surface area contributed by atoms with Crippen molar-refractivity contribution in [2.45, 2.75) is 58.7 Å². The number of ketones is 1. The molecule has 0 spiro atoms. The highest BCUT2D eigenvalue weighted by molar-refractivity contribution is 5.89. The molecule has 1 saturated heterocycles. The molecule has 5 rings (SSSR count). The highest BCUT2D eigenvalue weighted by Crippen LogP contribution is 2.35. The molecule has 2 heterocycles. The number of hydrogen-bond acceptors (Lipinski definition) is 5. The summed E-state index contributed by atoms with van der Waals surface area (Å²) >= 11 is 0. The Labute approximate surface area is 227 Å². The summed E-state index contributed by atoms with van der Waals surface area (Å²) in [6.45, 7) is 10.6. The zero-order chi connectivity index (χ0) is 26.5. The molecule has 0 amide bonds. The molecule has 5 heteroatoms. The standard InChI is InChI=1S/C33H40N2O3/c1-33(2,3)32(36)30-22-26-21-28(38-23-24-9-5-4-6-10-24)15-16-29(26)31(34-30)25-11-13-27(14-12-25)37-20-19-35-17-7-8-18-35/h4-6,9-16,21,30-31,34H,7-8,17-20,22-23H2,1-3H3. The molecule has 5 nitrogen and oxygen atoms in total. The zero-order valence-electron chi connectivity index (χ0n) is 22.9. The lowest BCUT2D eigenvalue weighted by atomic mass is 9.79. The van der Waals surface area contributed by atoms with E-state index in [1.165, 1.54) is 31.5 Å². The van der Waals surface area contributed by atoms with Crippen LogP contribution < -0.4 is 14.8 Å². The Hall–Kier alpha value is -3.15. The van der Waals surface area contributed by atoms with E-state index in [-0.39, 0.29) is 17.9 Å². The fraction of sp³-hybridized carbons (Fsp3) is 0.424. The second-order valence-corrected chi connectivity index (χ2v) is 11.6. The minimum Gasteiger partial charge on any atom is -0.492 e. The SMILES string of the molecule is CC(C)(C)C(=O)C1Cc2cc(OCc3ccccc3)ccc2C(c2ccc(OCCN3CCCC3)cc2)N1. The monoisotopic (exact) mass is 512 g/mol. The maximum absolute atomic E-state index is 13.4. The van der Waals surface area contributed by atoms with E-state index in [1.807, 2.05) is 57.2 Å². The summed E-state index contributed by atoms with van der Waals surface area (Å²) in [4.78, 5) is 15.8. The zero-order valence-corrected chi connectivity index (χ0v) is 22.9. The van der Waals surface area contributed by atoms with Crippen LogP contribution in [0.1, 0.15) is 61.9 Å². The molecule has 2 atom stereocenters. The smallest absolute Gasteiger partial charge is 0.155 e. The van der Waals surface area contributed by atoms with Crippen molar-refractivity contribution in [3.05, 3.63) is 95.1 Å². The van der Waals surface area contributed by atoms with Crippen molar-refractivity contribution in [2.75, 3.05) is 26.2 Å². The summed E-state index contributed by atoms with van der Waals surface area (Å²) in [7, 11) is 0. The van der Waals surface area contributed by atoms with Crippen LogP contribution in [-0.4, -0.2) is 43.0 Å². The Morgan fingerprint density at radius 1 is 0.921 bits per heavy atom. The van der Waals surface area contributed by atoms with Gasteiger partial charge in [0.25, 0.3) is 0 Å². The predicted molar refractivity (Wildman–Crippen MR) is 152 cm³/mol. The first kappa shape index (κ1) is 26.5. The van der Waals surface area contributed by atoms with E-state index < -0.39 is 5.41 Å². The largest absolute Gasteiger partial charge is 0.492 e. The molecular weight excluding hydrogens is 472 g/mol. The molecule has 0 bridgehead atoms. The quantitative estimate of drug-likeness (QED) is 0.383. The molecular formula is C33H40N2O3. The van der Waals surface area contributed by atoms with Gasteiger partial charge in [0, 0.05) is 12.0 Å². The molecule has 0 radical (unpaired) electrons. The lowest BCUT2D eigenvalue weighted by Gasteiger charge is -2.36. The van der Waals surface area contributed by atoms with Crippen molar-refractivity contribution in [3.63, 3.8) is 0 Å². The highest BCUT2D eigenvalue weighted by Gasteiger charge is 2.36. The second kappa shape index (κ2) is 11.7. The molecule has 200 valence electrons. The molecule has 0 aliphatic carbocycles. The fourth-order valence-corrected chi connectivity index (χ4v) is 5.46. The van der Waals surface area contributed by atoms with Crippen molar-refractivity contribution >= 4 is 5.78 Å². The van der Waals surface area contributed by atoms with Gasteiger partial charge in [0.05, 0.1) is 12.1 Å². The van der Waals surface area contributed by atoms with E-state index in [9.17, 15) is 4.79 Å². The number of hydrogen-bond donors (Lipinski definition) is 1. The van der Waals surface area contributed by atoms with Crippen LogP contribution in [0, 0.1) is 5.41 Å². The summed E-state index contributed by atoms with van der Waals surface area (Å²) in [5.41, 5.74) is 4.19. The van der Waals surface area contributed by atoms with E-state index in [1.54, 1.807) is 0 Å². The number of fused-ring (bicyclic) bond motifs is 1. The summed E-state index contributed by atoms with van der Waals surface area (Å²) in [5, 5.41) is 3.67. The fourth-order valence-electron chi connectivity index (χ4n) is 5.46. The Bertz CT molecular complexity index is 1210. The number of carbonyl (C=O) groups is 1. The van der Waals surface area contributed by atoms with Gasteiger partial charge in [-0.1, -0.05) is 69.3 Å². The number of benzene rings is 3. The molecule has 1 N–H and O–H groups in total. The van der Waals surface area contributed by atoms with Gasteiger partial charge in [-0.15, -0.1) is 0 Å². The predicted octanol–water partition coefficient (Wildman–Crippen LogP) is 5.96. The molecule has 38 heavy (non-hydrogen) atoms. The van der Waals surface area contributed by atoms with Gasteiger partial charge in [-0.3, -0.25) is 15.0 Å². The summed E-state index contributed by atoms with van der Waals surface area (Å²) in [6, 6.07) is 24.5. The molecule has 3 aromatic rings. The maximum Gasteiger partial charge on any atom is 0.155 e. The van der Waals surface area contributed by atoms with E-state index >= 15 is 0 Å². The Morgan fingerprint density at radius 2 is 1.63 bits per heavy atom. The number of carbonyl (C=O) groups excluding carboxylic acids is 1. The first-order valence-corrected chi connectivity index (χ1v) is 13.9. The van der Waals surface area contributed by atoms with Gasteiger partial charge >= 0.3 is 0 Å². The Morgan fingerprint density at radius 3 is 2.34 bits per heavy atom. The van der Waals surface area contributed by atoms with Crippen molar-refractivity contribution < 1.29 is 14.3 Å². The molecule has 3 aromatic carbocycles. The molecule has 2 aliphatic rings.